The molecule has 1 atom stereocenters. The fourth-order valence-corrected chi connectivity index (χ4v) is 6.14. The molecular weight excluding hydrogens is 476 g/mol. The van der Waals surface area contributed by atoms with Crippen LogP contribution in [0.5, 0.6) is 0 Å². The Morgan fingerprint density at radius 1 is 0.947 bits per heavy atom. The molecule has 3 heterocycles. The summed E-state index contributed by atoms with van der Waals surface area (Å²) in [7, 11) is 1.76. The van der Waals surface area contributed by atoms with Gasteiger partial charge in [0.25, 0.3) is 5.56 Å². The van der Waals surface area contributed by atoms with Crippen LogP contribution in [0.25, 0.3) is 0 Å². The van der Waals surface area contributed by atoms with Crippen LogP contribution in [-0.2, 0) is 24.6 Å². The van der Waals surface area contributed by atoms with Crippen LogP contribution in [0, 0.1) is 17.3 Å². The number of ether oxygens (including phenoxy) is 1. The Labute approximate surface area is 223 Å². The highest BCUT2D eigenvalue weighted by atomic mass is 16.5. The van der Waals surface area contributed by atoms with Crippen molar-refractivity contribution in [2.24, 2.45) is 12.5 Å². The second-order valence-corrected chi connectivity index (χ2v) is 10.8. The Morgan fingerprint density at radius 2 is 1.61 bits per heavy atom. The van der Waals surface area contributed by atoms with E-state index in [4.69, 9.17) is 4.74 Å². The predicted molar refractivity (Wildman–Crippen MR) is 149 cm³/mol. The van der Waals surface area contributed by atoms with Gasteiger partial charge in [-0.3, -0.25) is 9.36 Å². The van der Waals surface area contributed by atoms with Crippen molar-refractivity contribution >= 4 is 11.6 Å². The molecule has 38 heavy (non-hydrogen) atoms. The molecule has 3 aliphatic rings. The number of hydrogen-bond acceptors (Lipinski definition) is 6. The Balaban J connectivity index is 1.11. The van der Waals surface area contributed by atoms with Gasteiger partial charge in [0, 0.05) is 38.9 Å². The lowest BCUT2D eigenvalue weighted by atomic mass is 9.76. The highest BCUT2D eigenvalue weighted by molar-refractivity contribution is 5.49. The van der Waals surface area contributed by atoms with Crippen molar-refractivity contribution in [1.29, 1.82) is 0 Å². The summed E-state index contributed by atoms with van der Waals surface area (Å²) in [6.07, 6.45) is 5.05. The molecule has 0 radical (unpaired) electrons. The van der Waals surface area contributed by atoms with Crippen molar-refractivity contribution < 1.29 is 9.84 Å². The third kappa shape index (κ3) is 4.82. The molecule has 7 heteroatoms. The quantitative estimate of drug-likeness (QED) is 0.546. The zero-order valence-electron chi connectivity index (χ0n) is 21.9. The SMILES string of the molecule is Cn1c(N2CCC3(CC2)Cc2ccccc2C3)ncc(C#CC(O)c2ccc(N3CCOCC3)cc2)c1=O. The minimum absolute atomic E-state index is 0.189. The molecule has 3 aromatic rings. The summed E-state index contributed by atoms with van der Waals surface area (Å²) in [4.78, 5) is 22.2. The number of morpholine rings is 1. The van der Waals surface area contributed by atoms with Gasteiger partial charge in [0.2, 0.25) is 5.95 Å². The number of aliphatic hydroxyl groups is 1. The van der Waals surface area contributed by atoms with E-state index in [-0.39, 0.29) is 5.56 Å². The third-order valence-electron chi connectivity index (χ3n) is 8.43. The lowest BCUT2D eigenvalue weighted by molar-refractivity contribution is 0.122. The van der Waals surface area contributed by atoms with Crippen LogP contribution in [-0.4, -0.2) is 54.1 Å². The molecule has 0 saturated carbocycles. The fraction of sp³-hybridized carbons (Fsp3) is 0.419. The third-order valence-corrected chi connectivity index (χ3v) is 8.43. The van der Waals surface area contributed by atoms with Gasteiger partial charge in [0.1, 0.15) is 11.7 Å². The average molecular weight is 511 g/mol. The molecular formula is C31H34N4O3. The van der Waals surface area contributed by atoms with Crippen LogP contribution >= 0.6 is 0 Å². The van der Waals surface area contributed by atoms with E-state index in [2.05, 4.69) is 50.9 Å². The molecule has 1 N–H and O–H groups in total. The lowest BCUT2D eigenvalue weighted by Gasteiger charge is -2.40. The maximum atomic E-state index is 13.1. The summed E-state index contributed by atoms with van der Waals surface area (Å²) < 4.78 is 7.01. The molecule has 2 saturated heterocycles. The molecule has 196 valence electrons. The highest BCUT2D eigenvalue weighted by Gasteiger charge is 2.40. The second kappa shape index (κ2) is 10.3. The zero-order valence-corrected chi connectivity index (χ0v) is 21.9. The summed E-state index contributed by atoms with van der Waals surface area (Å²) in [5.41, 5.74) is 5.22. The molecule has 7 nitrogen and oxygen atoms in total. The first-order chi connectivity index (χ1) is 18.5. The number of aromatic nitrogens is 2. The number of rotatable bonds is 3. The molecule has 1 unspecified atom stereocenters. The van der Waals surface area contributed by atoms with E-state index in [1.807, 2.05) is 24.3 Å². The van der Waals surface area contributed by atoms with Crippen LogP contribution in [0.4, 0.5) is 11.6 Å². The molecule has 2 fully saturated rings. The van der Waals surface area contributed by atoms with Gasteiger partial charge in [0.15, 0.2) is 0 Å². The van der Waals surface area contributed by atoms with Gasteiger partial charge in [-0.1, -0.05) is 48.2 Å². The maximum Gasteiger partial charge on any atom is 0.270 e. The number of nitrogens with zero attached hydrogens (tertiary/aromatic N) is 4. The number of fused-ring (bicyclic) bond motifs is 1. The van der Waals surface area contributed by atoms with Gasteiger partial charge in [0.05, 0.1) is 19.4 Å². The van der Waals surface area contributed by atoms with Crippen LogP contribution < -0.4 is 15.4 Å². The van der Waals surface area contributed by atoms with E-state index in [1.54, 1.807) is 17.8 Å². The topological polar surface area (TPSA) is 70.8 Å². The predicted octanol–water partition coefficient (Wildman–Crippen LogP) is 3.09. The largest absolute Gasteiger partial charge is 0.378 e. The number of benzene rings is 2. The van der Waals surface area contributed by atoms with Crippen molar-refractivity contribution in [2.45, 2.75) is 31.8 Å². The van der Waals surface area contributed by atoms with Gasteiger partial charge >= 0.3 is 0 Å². The lowest BCUT2D eigenvalue weighted by Crippen LogP contribution is -2.43. The van der Waals surface area contributed by atoms with Crippen molar-refractivity contribution in [3.63, 3.8) is 0 Å². The van der Waals surface area contributed by atoms with Gasteiger partial charge in [-0.15, -0.1) is 0 Å². The second-order valence-electron chi connectivity index (χ2n) is 10.8. The van der Waals surface area contributed by atoms with Gasteiger partial charge in [-0.25, -0.2) is 4.98 Å². The number of piperidine rings is 1. The molecule has 1 spiro atoms. The maximum absolute atomic E-state index is 13.1. The average Bonchev–Trinajstić information content (AvgIpc) is 3.32. The molecule has 0 bridgehead atoms. The Bertz CT molecular complexity index is 1390. The first kappa shape index (κ1) is 24.7. The Morgan fingerprint density at radius 3 is 2.26 bits per heavy atom. The monoisotopic (exact) mass is 510 g/mol. The van der Waals surface area contributed by atoms with Crippen molar-refractivity contribution in [1.82, 2.24) is 9.55 Å². The van der Waals surface area contributed by atoms with E-state index in [0.29, 0.717) is 22.5 Å². The van der Waals surface area contributed by atoms with Crippen LogP contribution in [0.1, 0.15) is 41.2 Å². The Hall–Kier alpha value is -3.60. The van der Waals surface area contributed by atoms with Crippen LogP contribution in [0.3, 0.4) is 0 Å². The summed E-state index contributed by atoms with van der Waals surface area (Å²) in [6, 6.07) is 16.6. The van der Waals surface area contributed by atoms with E-state index in [9.17, 15) is 9.90 Å². The fourth-order valence-electron chi connectivity index (χ4n) is 6.14. The smallest absolute Gasteiger partial charge is 0.270 e. The zero-order chi connectivity index (χ0) is 26.1. The van der Waals surface area contributed by atoms with Crippen LogP contribution in [0.2, 0.25) is 0 Å². The van der Waals surface area contributed by atoms with E-state index >= 15 is 0 Å². The van der Waals surface area contributed by atoms with Crippen molar-refractivity contribution in [2.75, 3.05) is 49.2 Å². The molecule has 2 aliphatic heterocycles. The molecule has 2 aromatic carbocycles. The number of hydrogen-bond donors (Lipinski definition) is 1. The number of anilines is 2. The first-order valence-corrected chi connectivity index (χ1v) is 13.5. The standard InChI is InChI=1S/C31H34N4O3/c1-33-29(37)26(8-11-28(36)23-6-9-27(10-7-23)34-16-18-38-19-17-34)22-32-30(33)35-14-12-31(13-15-35)20-24-4-2-3-5-25(24)21-31/h2-7,9-10,22,28,36H,12-21H2,1H3. The first-order valence-electron chi connectivity index (χ1n) is 13.5. The summed E-state index contributed by atoms with van der Waals surface area (Å²) >= 11 is 0. The van der Waals surface area contributed by atoms with Crippen LogP contribution in [0.15, 0.2) is 59.5 Å². The van der Waals surface area contributed by atoms with E-state index < -0.39 is 6.10 Å². The summed E-state index contributed by atoms with van der Waals surface area (Å²) in [5.74, 6) is 6.38. The van der Waals surface area contributed by atoms with Gasteiger partial charge < -0.3 is 19.6 Å². The minimum Gasteiger partial charge on any atom is -0.378 e. The summed E-state index contributed by atoms with van der Waals surface area (Å²) in [6.45, 7) is 4.95. The normalized spacial score (nSPS) is 19.1. The minimum atomic E-state index is -0.980. The van der Waals surface area contributed by atoms with Gasteiger partial charge in [-0.2, -0.15) is 0 Å². The molecule has 1 aliphatic carbocycles. The van der Waals surface area contributed by atoms with Gasteiger partial charge in [-0.05, 0) is 59.9 Å². The summed E-state index contributed by atoms with van der Waals surface area (Å²) in [5, 5.41) is 10.6. The molecule has 6 rings (SSSR count). The van der Waals surface area contributed by atoms with E-state index in [0.717, 1.165) is 70.8 Å². The highest BCUT2D eigenvalue weighted by Crippen LogP contribution is 2.44. The molecule has 0 amide bonds. The van der Waals surface area contributed by atoms with Crippen molar-refractivity contribution in [3.05, 3.63) is 87.3 Å². The Kier molecular flexibility index (Phi) is 6.69. The molecule has 1 aromatic heterocycles. The van der Waals surface area contributed by atoms with Crippen molar-refractivity contribution in [3.8, 4) is 11.8 Å². The number of aliphatic hydroxyl groups excluding tert-OH is 1. The van der Waals surface area contributed by atoms with E-state index in [1.165, 1.54) is 11.1 Å².